The number of quaternary nitrogens is 1. The van der Waals surface area contributed by atoms with Crippen molar-refractivity contribution in [2.24, 2.45) is 0 Å². The highest BCUT2D eigenvalue weighted by atomic mass is 127. The van der Waals surface area contributed by atoms with Crippen molar-refractivity contribution in [3.8, 4) is 0 Å². The Morgan fingerprint density at radius 2 is 2.00 bits per heavy atom. The minimum absolute atomic E-state index is 0.221. The van der Waals surface area contributed by atoms with E-state index in [-0.39, 0.29) is 5.97 Å². The van der Waals surface area contributed by atoms with Crippen LogP contribution in [0.15, 0.2) is 12.1 Å². The summed E-state index contributed by atoms with van der Waals surface area (Å²) in [6.07, 6.45) is 0. The first kappa shape index (κ1) is 15.2. The van der Waals surface area contributed by atoms with Crippen molar-refractivity contribution in [1.29, 1.82) is 0 Å². The number of halogens is 3. The summed E-state index contributed by atoms with van der Waals surface area (Å²) in [7, 11) is 0. The van der Waals surface area contributed by atoms with Crippen LogP contribution >= 0.6 is 67.8 Å². The number of benzene rings is 1. The molecule has 0 aliphatic carbocycles. The zero-order valence-corrected chi connectivity index (χ0v) is 16.4. The lowest BCUT2D eigenvalue weighted by Gasteiger charge is -2.21. The molecule has 1 aromatic carbocycles. The number of ether oxygens (including phenoxy) is 1. The van der Waals surface area contributed by atoms with E-state index in [9.17, 15) is 4.79 Å². The van der Waals surface area contributed by atoms with E-state index in [0.717, 1.165) is 17.3 Å². The number of nitrogens with two attached hydrogens (primary N) is 1. The van der Waals surface area contributed by atoms with Gasteiger partial charge in [0.15, 0.2) is 11.6 Å². The summed E-state index contributed by atoms with van der Waals surface area (Å²) in [6, 6.07) is 4.35. The molecule has 6 heteroatoms. The summed E-state index contributed by atoms with van der Waals surface area (Å²) in [5.41, 5.74) is 0.271. The Hall–Kier alpha value is 0.840. The van der Waals surface area contributed by atoms with Gasteiger partial charge in [-0.05, 0) is 93.8 Å². The van der Waals surface area contributed by atoms with Gasteiger partial charge in [-0.3, -0.25) is 0 Å². The standard InChI is InChI=1S/C12H12I3NO2/c1-12(2,9-5-16-9)18-11(17)7-3-6(13)4-8(14)10(7)15/h3-4,9,16H,5H2,1-2H3/p+1. The normalized spacial score (nSPS) is 18.6. The van der Waals surface area contributed by atoms with E-state index in [1.807, 2.05) is 19.9 Å². The van der Waals surface area contributed by atoms with Gasteiger partial charge in [0.25, 0.3) is 0 Å². The van der Waals surface area contributed by atoms with Crippen LogP contribution < -0.4 is 5.32 Å². The molecule has 1 aliphatic rings. The van der Waals surface area contributed by atoms with Gasteiger partial charge in [0, 0.05) is 10.7 Å². The molecule has 3 nitrogen and oxygen atoms in total. The molecule has 1 aromatic rings. The van der Waals surface area contributed by atoms with Gasteiger partial charge in [-0.2, -0.15) is 0 Å². The van der Waals surface area contributed by atoms with E-state index in [1.54, 1.807) is 0 Å². The summed E-state index contributed by atoms with van der Waals surface area (Å²) in [5, 5.41) is 2.18. The molecule has 2 rings (SSSR count). The van der Waals surface area contributed by atoms with Crippen molar-refractivity contribution in [3.63, 3.8) is 0 Å². The number of hydrogen-bond donors (Lipinski definition) is 1. The fourth-order valence-corrected chi connectivity index (χ4v) is 4.09. The average molecular weight is 584 g/mol. The number of esters is 1. The van der Waals surface area contributed by atoms with Crippen LogP contribution in [0.4, 0.5) is 0 Å². The van der Waals surface area contributed by atoms with E-state index >= 15 is 0 Å². The molecule has 0 radical (unpaired) electrons. The first-order chi connectivity index (χ1) is 8.31. The molecule has 0 spiro atoms. The summed E-state index contributed by atoms with van der Waals surface area (Å²) < 4.78 is 8.77. The number of rotatable bonds is 3. The van der Waals surface area contributed by atoms with Crippen molar-refractivity contribution >= 4 is 73.7 Å². The third-order valence-electron chi connectivity index (χ3n) is 2.93. The van der Waals surface area contributed by atoms with Gasteiger partial charge in [-0.25, -0.2) is 4.79 Å². The molecular formula is C12H13I3NO2+. The third-order valence-corrected chi connectivity index (χ3v) is 6.60. The zero-order valence-electron chi connectivity index (χ0n) is 9.97. The highest BCUT2D eigenvalue weighted by molar-refractivity contribution is 14.1. The predicted molar refractivity (Wildman–Crippen MR) is 94.7 cm³/mol. The molecule has 2 N–H and O–H groups in total. The fourth-order valence-electron chi connectivity index (χ4n) is 1.71. The summed E-state index contributed by atoms with van der Waals surface area (Å²) >= 11 is 6.67. The van der Waals surface area contributed by atoms with Gasteiger partial charge in [0.05, 0.1) is 5.56 Å². The van der Waals surface area contributed by atoms with Crippen molar-refractivity contribution in [2.75, 3.05) is 6.54 Å². The minimum atomic E-state index is -0.396. The third kappa shape index (κ3) is 3.48. The van der Waals surface area contributed by atoms with Crippen LogP contribution in [0.1, 0.15) is 24.2 Å². The highest BCUT2D eigenvalue weighted by Gasteiger charge is 2.46. The van der Waals surface area contributed by atoms with E-state index in [1.165, 1.54) is 0 Å². The largest absolute Gasteiger partial charge is 0.449 e. The molecule has 1 saturated heterocycles. The first-order valence-electron chi connectivity index (χ1n) is 5.52. The SMILES string of the molecule is CC(C)(OC(=O)c1cc(I)cc(I)c1I)C1C[NH2+]1. The second-order valence-corrected chi connectivity index (χ2v) is 8.31. The van der Waals surface area contributed by atoms with Crippen LogP contribution in [0.25, 0.3) is 0 Å². The van der Waals surface area contributed by atoms with Gasteiger partial charge in [0.2, 0.25) is 0 Å². The summed E-state index contributed by atoms with van der Waals surface area (Å²) in [5.74, 6) is -0.221. The number of hydrogen-bond acceptors (Lipinski definition) is 2. The van der Waals surface area contributed by atoms with E-state index in [0.29, 0.717) is 11.6 Å². The molecule has 1 fully saturated rings. The van der Waals surface area contributed by atoms with E-state index in [2.05, 4.69) is 79.2 Å². The molecular weight excluding hydrogens is 571 g/mol. The summed E-state index contributed by atoms with van der Waals surface area (Å²) in [6.45, 7) is 5.00. The van der Waals surface area contributed by atoms with Crippen LogP contribution in [-0.4, -0.2) is 24.2 Å². The monoisotopic (exact) mass is 584 g/mol. The van der Waals surface area contributed by atoms with Crippen molar-refractivity contribution in [3.05, 3.63) is 28.4 Å². The Morgan fingerprint density at radius 1 is 1.39 bits per heavy atom. The second-order valence-electron chi connectivity index (χ2n) is 4.82. The Labute approximate surface area is 147 Å². The van der Waals surface area contributed by atoms with Crippen LogP contribution in [0.2, 0.25) is 0 Å². The molecule has 18 heavy (non-hydrogen) atoms. The number of carbonyl (C=O) groups excluding carboxylic acids is 1. The lowest BCUT2D eigenvalue weighted by Crippen LogP contribution is -2.65. The van der Waals surface area contributed by atoms with Crippen molar-refractivity contribution in [1.82, 2.24) is 0 Å². The quantitative estimate of drug-likeness (QED) is 0.257. The minimum Gasteiger partial charge on any atom is -0.449 e. The first-order valence-corrected chi connectivity index (χ1v) is 8.76. The van der Waals surface area contributed by atoms with Crippen molar-refractivity contribution < 1.29 is 14.8 Å². The van der Waals surface area contributed by atoms with Crippen LogP contribution in [0.5, 0.6) is 0 Å². The Balaban J connectivity index is 2.23. The zero-order chi connectivity index (χ0) is 13.5. The Bertz CT molecular complexity index is 498. The molecule has 1 aliphatic heterocycles. The molecule has 0 amide bonds. The maximum atomic E-state index is 12.3. The maximum absolute atomic E-state index is 12.3. The van der Waals surface area contributed by atoms with Gasteiger partial charge in [0.1, 0.15) is 6.54 Å². The lowest BCUT2D eigenvalue weighted by atomic mass is 10.1. The van der Waals surface area contributed by atoms with Crippen LogP contribution in [-0.2, 0) is 4.74 Å². The van der Waals surface area contributed by atoms with Gasteiger partial charge in [-0.15, -0.1) is 0 Å². The van der Waals surface area contributed by atoms with Gasteiger partial charge in [-0.1, -0.05) is 0 Å². The molecule has 1 atom stereocenters. The molecule has 0 aromatic heterocycles. The van der Waals surface area contributed by atoms with E-state index < -0.39 is 5.60 Å². The van der Waals surface area contributed by atoms with Crippen LogP contribution in [0, 0.1) is 10.7 Å². The average Bonchev–Trinajstić information content (AvgIpc) is 3.06. The molecule has 1 heterocycles. The van der Waals surface area contributed by atoms with E-state index in [4.69, 9.17) is 4.74 Å². The maximum Gasteiger partial charge on any atom is 0.340 e. The lowest BCUT2D eigenvalue weighted by molar-refractivity contribution is -0.508. The Morgan fingerprint density at radius 3 is 2.56 bits per heavy atom. The molecule has 1 unspecified atom stereocenters. The highest BCUT2D eigenvalue weighted by Crippen LogP contribution is 2.25. The molecule has 98 valence electrons. The smallest absolute Gasteiger partial charge is 0.340 e. The second kappa shape index (κ2) is 5.68. The fraction of sp³-hybridized carbons (Fsp3) is 0.417. The molecule has 0 bridgehead atoms. The molecule has 0 saturated carbocycles. The summed E-state index contributed by atoms with van der Waals surface area (Å²) in [4.78, 5) is 12.3. The van der Waals surface area contributed by atoms with Gasteiger partial charge < -0.3 is 10.1 Å². The Kier molecular flexibility index (Phi) is 4.81. The van der Waals surface area contributed by atoms with Crippen LogP contribution in [0.3, 0.4) is 0 Å². The predicted octanol–water partition coefficient (Wildman–Crippen LogP) is 2.38. The topological polar surface area (TPSA) is 42.9 Å². The van der Waals surface area contributed by atoms with Crippen molar-refractivity contribution in [2.45, 2.75) is 25.5 Å². The number of carbonyl (C=O) groups is 1. The van der Waals surface area contributed by atoms with Gasteiger partial charge >= 0.3 is 5.97 Å².